The molecular weight excluding hydrogens is 288 g/mol. The van der Waals surface area contributed by atoms with E-state index in [0.717, 1.165) is 19.5 Å². The maximum absolute atomic E-state index is 12.6. The van der Waals surface area contributed by atoms with Crippen molar-refractivity contribution in [1.82, 2.24) is 4.90 Å². The van der Waals surface area contributed by atoms with Gasteiger partial charge in [0.25, 0.3) is 0 Å². The third-order valence-electron chi connectivity index (χ3n) is 7.92. The average molecular weight is 322 g/mol. The number of hydrogen-bond acceptors (Lipinski definition) is 4. The maximum atomic E-state index is 12.6. The van der Waals surface area contributed by atoms with E-state index in [1.165, 1.54) is 32.1 Å². The summed E-state index contributed by atoms with van der Waals surface area (Å²) in [5, 5.41) is 0. The Balaban J connectivity index is 2.03. The Bertz CT molecular complexity index is 472. The standard InChI is InChI=1S/C19H34N2O2/c1-5-23-16(22)15(20)19(21-11-7-6-8-12-21)13-14-9-10-18(19,4)17(14,2)3/h14-15H,5-13,20H2,1-4H3/t14-,15-,18+,19-/m1/s1. The molecule has 2 bridgehead atoms. The SMILES string of the molecule is CCOC(=O)[C@@H](N)[C@]1(N2CCCCC2)C[C@H]2CC[C@@]1(C)C2(C)C. The van der Waals surface area contributed by atoms with E-state index >= 15 is 0 Å². The van der Waals surface area contributed by atoms with Crippen LogP contribution >= 0.6 is 0 Å². The molecule has 2 aliphatic carbocycles. The number of likely N-dealkylation sites (tertiary alicyclic amines) is 1. The van der Waals surface area contributed by atoms with E-state index < -0.39 is 6.04 Å². The number of carbonyl (C=O) groups is 1. The monoisotopic (exact) mass is 322 g/mol. The van der Waals surface area contributed by atoms with Crippen LogP contribution in [0.1, 0.15) is 66.2 Å². The van der Waals surface area contributed by atoms with Crippen LogP contribution in [0.5, 0.6) is 0 Å². The minimum Gasteiger partial charge on any atom is -0.465 e. The van der Waals surface area contributed by atoms with E-state index in [1.807, 2.05) is 6.92 Å². The lowest BCUT2D eigenvalue weighted by molar-refractivity contribution is -0.156. The molecule has 1 heterocycles. The third-order valence-corrected chi connectivity index (χ3v) is 7.92. The predicted octanol–water partition coefficient (Wildman–Crippen LogP) is 2.95. The number of fused-ring (bicyclic) bond motifs is 2. The molecule has 0 radical (unpaired) electrons. The minimum atomic E-state index is -0.532. The van der Waals surface area contributed by atoms with Crippen LogP contribution in [0, 0.1) is 16.7 Å². The minimum absolute atomic E-state index is 0.0776. The molecule has 0 spiro atoms. The summed E-state index contributed by atoms with van der Waals surface area (Å²) in [5.41, 5.74) is 6.73. The van der Waals surface area contributed by atoms with Crippen LogP contribution in [0.25, 0.3) is 0 Å². The van der Waals surface area contributed by atoms with Gasteiger partial charge in [-0.3, -0.25) is 9.69 Å². The van der Waals surface area contributed by atoms with Crippen molar-refractivity contribution < 1.29 is 9.53 Å². The van der Waals surface area contributed by atoms with Crippen LogP contribution in [0.4, 0.5) is 0 Å². The number of piperidine rings is 1. The molecule has 2 saturated carbocycles. The molecule has 3 aliphatic rings. The van der Waals surface area contributed by atoms with Crippen molar-refractivity contribution in [3.63, 3.8) is 0 Å². The van der Waals surface area contributed by atoms with Gasteiger partial charge in [0, 0.05) is 0 Å². The van der Waals surface area contributed by atoms with Gasteiger partial charge in [-0.25, -0.2) is 0 Å². The summed E-state index contributed by atoms with van der Waals surface area (Å²) in [6.07, 6.45) is 7.24. The van der Waals surface area contributed by atoms with Gasteiger partial charge in [-0.05, 0) is 68.9 Å². The van der Waals surface area contributed by atoms with Gasteiger partial charge in [-0.1, -0.05) is 27.2 Å². The van der Waals surface area contributed by atoms with Gasteiger partial charge < -0.3 is 10.5 Å². The van der Waals surface area contributed by atoms with Gasteiger partial charge in [0.1, 0.15) is 6.04 Å². The molecule has 0 aromatic rings. The largest absolute Gasteiger partial charge is 0.465 e. The number of nitrogens with zero attached hydrogens (tertiary/aromatic N) is 1. The number of hydrogen-bond donors (Lipinski definition) is 1. The summed E-state index contributed by atoms with van der Waals surface area (Å²) in [5.74, 6) is 0.456. The highest BCUT2D eigenvalue weighted by Gasteiger charge is 2.73. The number of rotatable bonds is 4. The van der Waals surface area contributed by atoms with Gasteiger partial charge in [-0.2, -0.15) is 0 Å². The van der Waals surface area contributed by atoms with Crippen molar-refractivity contribution in [1.29, 1.82) is 0 Å². The molecule has 132 valence electrons. The first-order valence-electron chi connectivity index (χ1n) is 9.48. The van der Waals surface area contributed by atoms with Gasteiger partial charge in [0.2, 0.25) is 0 Å². The highest BCUT2D eigenvalue weighted by atomic mass is 16.5. The molecular formula is C19H34N2O2. The van der Waals surface area contributed by atoms with E-state index in [9.17, 15) is 4.79 Å². The third kappa shape index (κ3) is 2.13. The fraction of sp³-hybridized carbons (Fsp3) is 0.947. The molecule has 2 N–H and O–H groups in total. The van der Waals surface area contributed by atoms with Crippen molar-refractivity contribution in [2.45, 2.75) is 77.8 Å². The highest BCUT2D eigenvalue weighted by Crippen LogP contribution is 2.72. The van der Waals surface area contributed by atoms with Crippen LogP contribution in [-0.4, -0.2) is 42.1 Å². The lowest BCUT2D eigenvalue weighted by Gasteiger charge is -2.57. The Morgan fingerprint density at radius 2 is 1.91 bits per heavy atom. The fourth-order valence-electron chi connectivity index (χ4n) is 6.19. The van der Waals surface area contributed by atoms with E-state index in [1.54, 1.807) is 0 Å². The second-order valence-corrected chi connectivity index (χ2v) is 8.70. The van der Waals surface area contributed by atoms with Crippen molar-refractivity contribution >= 4 is 5.97 Å². The number of esters is 1. The highest BCUT2D eigenvalue weighted by molar-refractivity contribution is 5.78. The zero-order valence-corrected chi connectivity index (χ0v) is 15.4. The summed E-state index contributed by atoms with van der Waals surface area (Å²) < 4.78 is 5.36. The summed E-state index contributed by atoms with van der Waals surface area (Å²) in [7, 11) is 0. The first-order chi connectivity index (χ1) is 10.8. The molecule has 4 nitrogen and oxygen atoms in total. The smallest absolute Gasteiger partial charge is 0.324 e. The Labute approximate surface area is 141 Å². The second-order valence-electron chi connectivity index (χ2n) is 8.70. The topological polar surface area (TPSA) is 55.6 Å². The predicted molar refractivity (Wildman–Crippen MR) is 92.0 cm³/mol. The van der Waals surface area contributed by atoms with Gasteiger partial charge in [0.15, 0.2) is 0 Å². The second kappa shape index (κ2) is 5.73. The summed E-state index contributed by atoms with van der Waals surface area (Å²) in [4.78, 5) is 15.2. The van der Waals surface area contributed by atoms with E-state index in [-0.39, 0.29) is 22.3 Å². The first-order valence-corrected chi connectivity index (χ1v) is 9.48. The van der Waals surface area contributed by atoms with Gasteiger partial charge in [0.05, 0.1) is 12.1 Å². The zero-order valence-electron chi connectivity index (χ0n) is 15.4. The van der Waals surface area contributed by atoms with Crippen LogP contribution < -0.4 is 5.73 Å². The molecule has 3 rings (SSSR count). The van der Waals surface area contributed by atoms with Crippen molar-refractivity contribution in [2.24, 2.45) is 22.5 Å². The summed E-state index contributed by atoms with van der Waals surface area (Å²) >= 11 is 0. The fourth-order valence-corrected chi connectivity index (χ4v) is 6.19. The number of ether oxygens (including phenoxy) is 1. The van der Waals surface area contributed by atoms with Crippen molar-refractivity contribution in [2.75, 3.05) is 19.7 Å². The van der Waals surface area contributed by atoms with Crippen molar-refractivity contribution in [3.05, 3.63) is 0 Å². The Morgan fingerprint density at radius 1 is 1.26 bits per heavy atom. The Morgan fingerprint density at radius 3 is 2.39 bits per heavy atom. The average Bonchev–Trinajstić information content (AvgIpc) is 2.87. The molecule has 0 amide bonds. The zero-order chi connectivity index (χ0) is 16.9. The summed E-state index contributed by atoms with van der Waals surface area (Å²) in [6.45, 7) is 11.6. The molecule has 23 heavy (non-hydrogen) atoms. The Hall–Kier alpha value is -0.610. The van der Waals surface area contributed by atoms with Crippen LogP contribution in [0.15, 0.2) is 0 Å². The molecule has 4 atom stereocenters. The normalized spacial score (nSPS) is 41.0. The first kappa shape index (κ1) is 17.2. The molecule has 0 unspecified atom stereocenters. The summed E-state index contributed by atoms with van der Waals surface area (Å²) in [6, 6.07) is -0.532. The molecule has 0 aromatic carbocycles. The quantitative estimate of drug-likeness (QED) is 0.809. The van der Waals surface area contributed by atoms with Crippen LogP contribution in [-0.2, 0) is 9.53 Å². The molecule has 1 aliphatic heterocycles. The lowest BCUT2D eigenvalue weighted by atomic mass is 9.59. The molecule has 3 fully saturated rings. The Kier molecular flexibility index (Phi) is 4.29. The van der Waals surface area contributed by atoms with Crippen LogP contribution in [0.3, 0.4) is 0 Å². The molecule has 4 heteroatoms. The van der Waals surface area contributed by atoms with E-state index in [4.69, 9.17) is 10.5 Å². The molecule has 1 saturated heterocycles. The van der Waals surface area contributed by atoms with E-state index in [0.29, 0.717) is 12.5 Å². The van der Waals surface area contributed by atoms with E-state index in [2.05, 4.69) is 25.7 Å². The number of carbonyl (C=O) groups excluding carboxylic acids is 1. The van der Waals surface area contributed by atoms with Crippen LogP contribution in [0.2, 0.25) is 0 Å². The maximum Gasteiger partial charge on any atom is 0.324 e. The number of nitrogens with two attached hydrogens (primary N) is 1. The van der Waals surface area contributed by atoms with Gasteiger partial charge >= 0.3 is 5.97 Å². The van der Waals surface area contributed by atoms with Gasteiger partial charge in [-0.15, -0.1) is 0 Å². The van der Waals surface area contributed by atoms with Crippen molar-refractivity contribution in [3.8, 4) is 0 Å². The lowest BCUT2D eigenvalue weighted by Crippen LogP contribution is -2.70. The molecule has 0 aromatic heterocycles.